The SMILES string of the molecule is CC(C)Oc1ccccc1NC(C)c1cc(Br)cs1. The van der Waals surface area contributed by atoms with E-state index in [1.165, 1.54) is 4.88 Å². The Morgan fingerprint density at radius 2 is 1.95 bits per heavy atom. The fourth-order valence-electron chi connectivity index (χ4n) is 1.80. The highest BCUT2D eigenvalue weighted by atomic mass is 79.9. The number of benzene rings is 1. The number of rotatable bonds is 5. The first kappa shape index (κ1) is 14.4. The van der Waals surface area contributed by atoms with Gasteiger partial charge in [0.1, 0.15) is 5.75 Å². The first-order valence-corrected chi connectivity index (χ1v) is 7.99. The smallest absolute Gasteiger partial charge is 0.142 e. The molecule has 1 aromatic carbocycles. The van der Waals surface area contributed by atoms with Crippen molar-refractivity contribution >= 4 is 33.0 Å². The van der Waals surface area contributed by atoms with Crippen molar-refractivity contribution in [2.45, 2.75) is 32.9 Å². The molecule has 1 atom stereocenters. The van der Waals surface area contributed by atoms with Crippen LogP contribution in [0.25, 0.3) is 0 Å². The van der Waals surface area contributed by atoms with Crippen molar-refractivity contribution < 1.29 is 4.74 Å². The molecule has 1 unspecified atom stereocenters. The topological polar surface area (TPSA) is 21.3 Å². The molecule has 2 rings (SSSR count). The first-order chi connectivity index (χ1) is 9.06. The zero-order chi connectivity index (χ0) is 13.8. The molecule has 0 aliphatic carbocycles. The predicted octanol–water partition coefficient (Wildman–Crippen LogP) is 5.47. The van der Waals surface area contributed by atoms with E-state index in [-0.39, 0.29) is 12.1 Å². The van der Waals surface area contributed by atoms with Crippen molar-refractivity contribution in [3.05, 3.63) is 45.1 Å². The summed E-state index contributed by atoms with van der Waals surface area (Å²) in [6, 6.07) is 10.5. The average Bonchev–Trinajstić information content (AvgIpc) is 2.78. The highest BCUT2D eigenvalue weighted by Gasteiger charge is 2.11. The van der Waals surface area contributed by atoms with Gasteiger partial charge in [0, 0.05) is 14.7 Å². The van der Waals surface area contributed by atoms with Gasteiger partial charge in [0.2, 0.25) is 0 Å². The molecule has 1 N–H and O–H groups in total. The number of ether oxygens (including phenoxy) is 1. The average molecular weight is 340 g/mol. The maximum absolute atomic E-state index is 5.82. The Hall–Kier alpha value is -1.000. The second-order valence-electron chi connectivity index (χ2n) is 4.70. The highest BCUT2D eigenvalue weighted by molar-refractivity contribution is 9.10. The van der Waals surface area contributed by atoms with Gasteiger partial charge in [0.05, 0.1) is 17.8 Å². The van der Waals surface area contributed by atoms with Crippen LogP contribution in [0.1, 0.15) is 31.7 Å². The van der Waals surface area contributed by atoms with E-state index in [1.54, 1.807) is 11.3 Å². The van der Waals surface area contributed by atoms with Gasteiger partial charge in [-0.05, 0) is 54.9 Å². The van der Waals surface area contributed by atoms with Crippen LogP contribution in [-0.4, -0.2) is 6.10 Å². The van der Waals surface area contributed by atoms with E-state index in [0.29, 0.717) is 0 Å². The van der Waals surface area contributed by atoms with Crippen LogP contribution >= 0.6 is 27.3 Å². The predicted molar refractivity (Wildman–Crippen MR) is 86.3 cm³/mol. The zero-order valence-corrected chi connectivity index (χ0v) is 13.7. The quantitative estimate of drug-likeness (QED) is 0.779. The first-order valence-electron chi connectivity index (χ1n) is 6.32. The standard InChI is InChI=1S/C15H18BrNOS/c1-10(2)18-14-7-5-4-6-13(14)17-11(3)15-8-12(16)9-19-15/h4-11,17H,1-3H3. The molecule has 0 spiro atoms. The largest absolute Gasteiger partial charge is 0.489 e. The minimum absolute atomic E-state index is 0.175. The summed E-state index contributed by atoms with van der Waals surface area (Å²) < 4.78 is 6.95. The van der Waals surface area contributed by atoms with Gasteiger partial charge in [0.25, 0.3) is 0 Å². The summed E-state index contributed by atoms with van der Waals surface area (Å²) in [6.07, 6.45) is 0.175. The van der Waals surface area contributed by atoms with Crippen LogP contribution in [-0.2, 0) is 0 Å². The molecule has 102 valence electrons. The van der Waals surface area contributed by atoms with Gasteiger partial charge < -0.3 is 10.1 Å². The molecule has 19 heavy (non-hydrogen) atoms. The molecule has 0 bridgehead atoms. The Morgan fingerprint density at radius 3 is 2.58 bits per heavy atom. The Balaban J connectivity index is 2.14. The Labute approximate surface area is 126 Å². The van der Waals surface area contributed by atoms with Crippen molar-refractivity contribution in [1.82, 2.24) is 0 Å². The molecular formula is C15H18BrNOS. The van der Waals surface area contributed by atoms with Gasteiger partial charge >= 0.3 is 0 Å². The van der Waals surface area contributed by atoms with Crippen LogP contribution in [0.4, 0.5) is 5.69 Å². The fourth-order valence-corrected chi connectivity index (χ4v) is 3.26. The Bertz CT molecular complexity index is 538. The van der Waals surface area contributed by atoms with Crippen LogP contribution in [0.15, 0.2) is 40.2 Å². The van der Waals surface area contributed by atoms with Gasteiger partial charge in [-0.2, -0.15) is 0 Å². The Kier molecular flexibility index (Phi) is 4.88. The molecule has 2 nitrogen and oxygen atoms in total. The molecule has 0 saturated carbocycles. The van der Waals surface area contributed by atoms with E-state index in [0.717, 1.165) is 15.9 Å². The van der Waals surface area contributed by atoms with Crippen LogP contribution in [0.5, 0.6) is 5.75 Å². The molecule has 0 radical (unpaired) electrons. The third kappa shape index (κ3) is 3.98. The van der Waals surface area contributed by atoms with Crippen LogP contribution in [0.2, 0.25) is 0 Å². The molecule has 0 aliphatic heterocycles. The van der Waals surface area contributed by atoms with Gasteiger partial charge in [-0.15, -0.1) is 11.3 Å². The lowest BCUT2D eigenvalue weighted by Gasteiger charge is -2.18. The molecule has 4 heteroatoms. The van der Waals surface area contributed by atoms with E-state index in [4.69, 9.17) is 4.74 Å². The normalized spacial score (nSPS) is 12.5. The van der Waals surface area contributed by atoms with Gasteiger partial charge in [0.15, 0.2) is 0 Å². The number of hydrogen-bond acceptors (Lipinski definition) is 3. The summed E-state index contributed by atoms with van der Waals surface area (Å²) in [5.74, 6) is 0.903. The molecule has 0 aliphatic rings. The van der Waals surface area contributed by atoms with E-state index < -0.39 is 0 Å². The lowest BCUT2D eigenvalue weighted by molar-refractivity contribution is 0.243. The van der Waals surface area contributed by atoms with E-state index >= 15 is 0 Å². The molecule has 0 fully saturated rings. The second-order valence-corrected chi connectivity index (χ2v) is 6.55. The van der Waals surface area contributed by atoms with E-state index in [1.807, 2.05) is 32.0 Å². The van der Waals surface area contributed by atoms with Crippen molar-refractivity contribution in [3.8, 4) is 5.75 Å². The lowest BCUT2D eigenvalue weighted by atomic mass is 10.2. The molecule has 1 heterocycles. The number of para-hydroxylation sites is 2. The number of hydrogen-bond donors (Lipinski definition) is 1. The van der Waals surface area contributed by atoms with Crippen LogP contribution in [0.3, 0.4) is 0 Å². The molecule has 1 aromatic heterocycles. The highest BCUT2D eigenvalue weighted by Crippen LogP contribution is 2.31. The summed E-state index contributed by atoms with van der Waals surface area (Å²) in [6.45, 7) is 6.23. The second kappa shape index (κ2) is 6.44. The van der Waals surface area contributed by atoms with Crippen molar-refractivity contribution in [2.75, 3.05) is 5.32 Å². The third-order valence-corrected chi connectivity index (χ3v) is 4.51. The van der Waals surface area contributed by atoms with Crippen molar-refractivity contribution in [2.24, 2.45) is 0 Å². The van der Waals surface area contributed by atoms with Crippen molar-refractivity contribution in [3.63, 3.8) is 0 Å². The van der Waals surface area contributed by atoms with Gasteiger partial charge in [-0.1, -0.05) is 12.1 Å². The molecule has 0 amide bonds. The third-order valence-electron chi connectivity index (χ3n) is 2.64. The summed E-state index contributed by atoms with van der Waals surface area (Å²) in [5.41, 5.74) is 1.04. The summed E-state index contributed by atoms with van der Waals surface area (Å²) >= 11 is 5.24. The lowest BCUT2D eigenvalue weighted by Crippen LogP contribution is -2.10. The van der Waals surface area contributed by atoms with Gasteiger partial charge in [-0.25, -0.2) is 0 Å². The summed E-state index contributed by atoms with van der Waals surface area (Å²) in [5, 5.41) is 5.61. The zero-order valence-electron chi connectivity index (χ0n) is 11.3. The summed E-state index contributed by atoms with van der Waals surface area (Å²) in [4.78, 5) is 1.30. The maximum Gasteiger partial charge on any atom is 0.142 e. The van der Waals surface area contributed by atoms with E-state index in [2.05, 4.69) is 45.7 Å². The van der Waals surface area contributed by atoms with Crippen molar-refractivity contribution in [1.29, 1.82) is 0 Å². The monoisotopic (exact) mass is 339 g/mol. The molecular weight excluding hydrogens is 322 g/mol. The molecule has 0 saturated heterocycles. The van der Waals surface area contributed by atoms with Gasteiger partial charge in [-0.3, -0.25) is 0 Å². The minimum Gasteiger partial charge on any atom is -0.489 e. The summed E-state index contributed by atoms with van der Waals surface area (Å²) in [7, 11) is 0. The van der Waals surface area contributed by atoms with Crippen LogP contribution < -0.4 is 10.1 Å². The number of thiophene rings is 1. The molecule has 2 aromatic rings. The maximum atomic E-state index is 5.82. The van der Waals surface area contributed by atoms with E-state index in [9.17, 15) is 0 Å². The minimum atomic E-state index is 0.175. The van der Waals surface area contributed by atoms with Crippen LogP contribution in [0, 0.1) is 0 Å². The Morgan fingerprint density at radius 1 is 1.21 bits per heavy atom. The number of nitrogens with one attached hydrogen (secondary N) is 1. The fraction of sp³-hybridized carbons (Fsp3) is 0.333. The number of halogens is 1. The number of anilines is 1.